The Morgan fingerprint density at radius 2 is 1.92 bits per heavy atom. The van der Waals surface area contributed by atoms with E-state index in [0.29, 0.717) is 29.2 Å². The van der Waals surface area contributed by atoms with Crippen molar-refractivity contribution in [2.45, 2.75) is 74.9 Å². The highest BCUT2D eigenvalue weighted by Crippen LogP contribution is 2.75. The number of carbonyl (C=O) groups is 1. The van der Waals surface area contributed by atoms with Gasteiger partial charge in [0.1, 0.15) is 5.75 Å². The highest BCUT2D eigenvalue weighted by atomic mass is 16.3. The van der Waals surface area contributed by atoms with Gasteiger partial charge in [0.2, 0.25) is 5.56 Å². The molecule has 9 rings (SSSR count). The van der Waals surface area contributed by atoms with Gasteiger partial charge in [-0.3, -0.25) is 14.5 Å². The Morgan fingerprint density at radius 3 is 2.77 bits per heavy atom. The van der Waals surface area contributed by atoms with Crippen molar-refractivity contribution in [2.24, 2.45) is 17.3 Å². The van der Waals surface area contributed by atoms with Crippen molar-refractivity contribution in [2.75, 3.05) is 13.1 Å². The summed E-state index contributed by atoms with van der Waals surface area (Å²) in [6, 6.07) is 16.8. The second-order valence-corrected chi connectivity index (χ2v) is 13.4. The number of fused-ring (bicyclic) bond motifs is 2. The van der Waals surface area contributed by atoms with Gasteiger partial charge >= 0.3 is 0 Å². The Morgan fingerprint density at radius 1 is 1.05 bits per heavy atom. The number of phenols is 1. The number of aromatic nitrogens is 1. The summed E-state index contributed by atoms with van der Waals surface area (Å²) in [4.78, 5) is 34.8. The fourth-order valence-corrected chi connectivity index (χ4v) is 11.0. The highest BCUT2D eigenvalue weighted by Gasteiger charge is 2.76. The zero-order valence-electron chi connectivity index (χ0n) is 22.2. The van der Waals surface area contributed by atoms with Gasteiger partial charge in [-0.2, -0.15) is 0 Å². The smallest absolute Gasteiger partial charge is 0.255 e. The van der Waals surface area contributed by atoms with Crippen LogP contribution in [0.5, 0.6) is 5.75 Å². The number of benzene rings is 2. The number of rotatable bonds is 2. The van der Waals surface area contributed by atoms with Gasteiger partial charge < -0.3 is 15.0 Å². The first kappa shape index (κ1) is 22.7. The maximum Gasteiger partial charge on any atom is 0.255 e. The molecule has 3 heterocycles. The quantitative estimate of drug-likeness (QED) is 0.517. The zero-order valence-corrected chi connectivity index (χ0v) is 22.2. The van der Waals surface area contributed by atoms with Crippen molar-refractivity contribution < 1.29 is 9.90 Å². The molecule has 2 saturated heterocycles. The third kappa shape index (κ3) is 2.67. The number of pyridine rings is 1. The van der Waals surface area contributed by atoms with E-state index >= 15 is 0 Å². The Labute approximate surface area is 228 Å². The summed E-state index contributed by atoms with van der Waals surface area (Å²) in [6.07, 6.45) is 9.62. The number of H-pyrrole nitrogens is 1. The SMILES string of the molecule is O=C(c1cc(=O)[nH]c2ccccc12)N1CC2CC34CCC1C2C31CCN(C2CCC2)C4Cc2ccc(O)cc21. The molecule has 5 fully saturated rings. The lowest BCUT2D eigenvalue weighted by Gasteiger charge is -2.68. The molecule has 6 heteroatoms. The second kappa shape index (κ2) is 7.54. The number of carbonyl (C=O) groups excluding carboxylic acids is 1. The Kier molecular flexibility index (Phi) is 4.38. The van der Waals surface area contributed by atoms with Gasteiger partial charge in [0, 0.05) is 47.1 Å². The Balaban J connectivity index is 1.17. The summed E-state index contributed by atoms with van der Waals surface area (Å²) < 4.78 is 0. The number of aromatic amines is 1. The van der Waals surface area contributed by atoms with Crippen LogP contribution in [0.3, 0.4) is 0 Å². The summed E-state index contributed by atoms with van der Waals surface area (Å²) in [5.41, 5.74) is 4.09. The minimum atomic E-state index is -0.222. The molecule has 0 radical (unpaired) electrons. The number of aromatic hydroxyl groups is 1. The van der Waals surface area contributed by atoms with Crippen LogP contribution in [0.15, 0.2) is 53.3 Å². The molecule has 6 aliphatic rings. The third-order valence-corrected chi connectivity index (χ3v) is 12.3. The third-order valence-electron chi connectivity index (χ3n) is 12.3. The van der Waals surface area contributed by atoms with Crippen molar-refractivity contribution in [1.82, 2.24) is 14.8 Å². The zero-order chi connectivity index (χ0) is 26.1. The van der Waals surface area contributed by atoms with E-state index in [1.54, 1.807) is 0 Å². The van der Waals surface area contributed by atoms with Gasteiger partial charge in [-0.25, -0.2) is 0 Å². The lowest BCUT2D eigenvalue weighted by Crippen LogP contribution is -2.71. The van der Waals surface area contributed by atoms with Crippen LogP contribution < -0.4 is 5.56 Å². The summed E-state index contributed by atoms with van der Waals surface area (Å²) in [5, 5.41) is 11.5. The van der Waals surface area contributed by atoms with Crippen molar-refractivity contribution in [3.8, 4) is 5.75 Å². The van der Waals surface area contributed by atoms with E-state index < -0.39 is 0 Å². The average Bonchev–Trinajstić information content (AvgIpc) is 3.35. The van der Waals surface area contributed by atoms with Crippen LogP contribution in [-0.2, 0) is 11.8 Å². The normalized spacial score (nSPS) is 36.5. The van der Waals surface area contributed by atoms with E-state index in [-0.39, 0.29) is 28.3 Å². The number of hydrogen-bond donors (Lipinski definition) is 2. The molecule has 6 atom stereocenters. The molecule has 1 amide bonds. The number of phenolic OH excluding ortho intramolecular Hbond substituents is 1. The van der Waals surface area contributed by atoms with Crippen molar-refractivity contribution in [1.29, 1.82) is 0 Å². The minimum absolute atomic E-state index is 0.0102. The first-order chi connectivity index (χ1) is 19.0. The lowest BCUT2D eigenvalue weighted by molar-refractivity contribution is -0.122. The van der Waals surface area contributed by atoms with Gasteiger partial charge in [-0.15, -0.1) is 0 Å². The van der Waals surface area contributed by atoms with Crippen LogP contribution in [0.25, 0.3) is 10.9 Å². The molecule has 0 spiro atoms. The van der Waals surface area contributed by atoms with Gasteiger partial charge in [0.05, 0.1) is 5.56 Å². The van der Waals surface area contributed by atoms with Crippen molar-refractivity contribution in [3.63, 3.8) is 0 Å². The predicted molar refractivity (Wildman–Crippen MR) is 149 cm³/mol. The first-order valence-corrected chi connectivity index (χ1v) is 15.0. The molecule has 6 unspecified atom stereocenters. The van der Waals surface area contributed by atoms with Gasteiger partial charge in [0.15, 0.2) is 0 Å². The van der Waals surface area contributed by atoms with Crippen LogP contribution in [-0.4, -0.2) is 57.0 Å². The molecule has 4 bridgehead atoms. The molecule has 2 N–H and O–H groups in total. The van der Waals surface area contributed by atoms with Gasteiger partial charge in [-0.05, 0) is 98.1 Å². The molecule has 6 nitrogen and oxygen atoms in total. The fraction of sp³-hybridized carbons (Fsp3) is 0.515. The number of amides is 1. The number of likely N-dealkylation sites (tertiary alicyclic amines) is 2. The topological polar surface area (TPSA) is 76.6 Å². The molecule has 2 aliphatic heterocycles. The van der Waals surface area contributed by atoms with E-state index in [1.807, 2.05) is 30.3 Å². The van der Waals surface area contributed by atoms with E-state index in [2.05, 4.69) is 26.9 Å². The maximum absolute atomic E-state index is 14.3. The van der Waals surface area contributed by atoms with E-state index in [0.717, 1.165) is 55.7 Å². The average molecular weight is 522 g/mol. The van der Waals surface area contributed by atoms with Crippen LogP contribution in [0.2, 0.25) is 0 Å². The number of nitrogens with one attached hydrogen (secondary N) is 1. The number of para-hydroxylation sites is 1. The first-order valence-electron chi connectivity index (χ1n) is 15.0. The molecule has 4 aliphatic carbocycles. The fourth-order valence-electron chi connectivity index (χ4n) is 11.0. The molecule has 3 saturated carbocycles. The second-order valence-electron chi connectivity index (χ2n) is 13.4. The molecule has 200 valence electrons. The van der Waals surface area contributed by atoms with Crippen LogP contribution in [0, 0.1) is 17.3 Å². The van der Waals surface area contributed by atoms with E-state index in [1.165, 1.54) is 42.9 Å². The van der Waals surface area contributed by atoms with Crippen LogP contribution in [0.4, 0.5) is 0 Å². The molecule has 2 aromatic carbocycles. The summed E-state index contributed by atoms with van der Waals surface area (Å²) in [7, 11) is 0. The largest absolute Gasteiger partial charge is 0.508 e. The van der Waals surface area contributed by atoms with Crippen molar-refractivity contribution >= 4 is 16.8 Å². The monoisotopic (exact) mass is 521 g/mol. The summed E-state index contributed by atoms with van der Waals surface area (Å²) in [5.74, 6) is 1.26. The standard InChI is InChI=1S/C33H35N3O3/c37-22-9-8-19-14-28-32-11-10-27-30(33(32,25(19)15-22)12-13-35(28)21-4-3-5-21)20(17-32)18-36(27)31(39)24-16-29(38)34-26-7-2-1-6-23(24)26/h1-2,6-9,15-16,20-21,27-28,30,37H,3-5,10-14,17-18H2,(H,34,38). The predicted octanol–water partition coefficient (Wildman–Crippen LogP) is 4.60. The Hall–Kier alpha value is -3.12. The minimum Gasteiger partial charge on any atom is -0.508 e. The van der Waals surface area contributed by atoms with Crippen LogP contribution in [0.1, 0.15) is 66.4 Å². The van der Waals surface area contributed by atoms with E-state index in [4.69, 9.17) is 0 Å². The number of piperidine rings is 1. The Bertz CT molecular complexity index is 1610. The summed E-state index contributed by atoms with van der Waals surface area (Å²) >= 11 is 0. The number of nitrogens with zero attached hydrogens (tertiary/aromatic N) is 2. The lowest BCUT2D eigenvalue weighted by atomic mass is 9.43. The maximum atomic E-state index is 14.3. The number of hydrogen-bond acceptors (Lipinski definition) is 4. The molecular weight excluding hydrogens is 486 g/mol. The van der Waals surface area contributed by atoms with Gasteiger partial charge in [-0.1, -0.05) is 30.7 Å². The molecular formula is C33H35N3O3. The van der Waals surface area contributed by atoms with Crippen molar-refractivity contribution in [3.05, 3.63) is 75.6 Å². The van der Waals surface area contributed by atoms with Crippen LogP contribution >= 0.6 is 0 Å². The molecule has 3 aromatic rings. The van der Waals surface area contributed by atoms with Gasteiger partial charge in [0.25, 0.3) is 5.91 Å². The highest BCUT2D eigenvalue weighted by molar-refractivity contribution is 6.06. The molecule has 39 heavy (non-hydrogen) atoms. The summed E-state index contributed by atoms with van der Waals surface area (Å²) in [6.45, 7) is 1.91. The van der Waals surface area contributed by atoms with E-state index in [9.17, 15) is 14.7 Å². The molecule has 1 aromatic heterocycles.